The predicted octanol–water partition coefficient (Wildman–Crippen LogP) is 2.52. The highest BCUT2D eigenvalue weighted by molar-refractivity contribution is 5.73. The molecule has 1 aliphatic carbocycles. The summed E-state index contributed by atoms with van der Waals surface area (Å²) in [5.41, 5.74) is 0.123. The van der Waals surface area contributed by atoms with Crippen LogP contribution in [0.2, 0.25) is 0 Å². The summed E-state index contributed by atoms with van der Waals surface area (Å²) in [6, 6.07) is 0. The van der Waals surface area contributed by atoms with E-state index < -0.39 is 0 Å². The Morgan fingerprint density at radius 1 is 1.31 bits per heavy atom. The predicted molar refractivity (Wildman–Crippen MR) is 50.2 cm³/mol. The molecule has 2 atom stereocenters. The first-order valence-corrected chi connectivity index (χ1v) is 5.16. The van der Waals surface area contributed by atoms with Crippen LogP contribution in [0, 0.1) is 11.3 Å². The number of esters is 1. The second-order valence-electron chi connectivity index (χ2n) is 5.39. The summed E-state index contributed by atoms with van der Waals surface area (Å²) in [6.45, 7) is 6.62. The second kappa shape index (κ2) is 2.49. The van der Waals surface area contributed by atoms with E-state index in [1.807, 2.05) is 0 Å². The summed E-state index contributed by atoms with van der Waals surface area (Å²) >= 11 is 0. The van der Waals surface area contributed by atoms with Gasteiger partial charge < -0.3 is 4.74 Å². The van der Waals surface area contributed by atoms with Crippen LogP contribution in [0.1, 0.15) is 46.5 Å². The Balaban J connectivity index is 2.30. The van der Waals surface area contributed by atoms with Gasteiger partial charge in [0.15, 0.2) is 0 Å². The molecule has 1 heterocycles. The normalized spacial score (nSPS) is 42.7. The summed E-state index contributed by atoms with van der Waals surface area (Å²) in [7, 11) is 0. The van der Waals surface area contributed by atoms with Gasteiger partial charge in [-0.15, -0.1) is 0 Å². The molecule has 1 saturated heterocycles. The largest absolute Gasteiger partial charge is 0.459 e. The molecule has 2 fully saturated rings. The third-order valence-electron chi connectivity index (χ3n) is 3.89. The van der Waals surface area contributed by atoms with E-state index in [0.29, 0.717) is 12.3 Å². The third-order valence-corrected chi connectivity index (χ3v) is 3.89. The molecule has 2 heteroatoms. The number of carbonyl (C=O) groups is 1. The molecule has 74 valence electrons. The number of hydrogen-bond donors (Lipinski definition) is 0. The summed E-state index contributed by atoms with van der Waals surface area (Å²) in [5.74, 6) is 0.434. The maximum atomic E-state index is 11.3. The highest BCUT2D eigenvalue weighted by atomic mass is 16.6. The van der Waals surface area contributed by atoms with Crippen molar-refractivity contribution in [3.05, 3.63) is 0 Å². The van der Waals surface area contributed by atoms with Crippen molar-refractivity contribution in [3.63, 3.8) is 0 Å². The average Bonchev–Trinajstić information content (AvgIpc) is 2.25. The fourth-order valence-corrected chi connectivity index (χ4v) is 3.15. The third kappa shape index (κ3) is 1.27. The van der Waals surface area contributed by atoms with Gasteiger partial charge in [-0.3, -0.25) is 4.79 Å². The van der Waals surface area contributed by atoms with Crippen LogP contribution in [0.4, 0.5) is 0 Å². The highest BCUT2D eigenvalue weighted by Crippen LogP contribution is 2.52. The Kier molecular flexibility index (Phi) is 1.73. The van der Waals surface area contributed by atoms with Crippen molar-refractivity contribution in [2.24, 2.45) is 11.3 Å². The van der Waals surface area contributed by atoms with E-state index in [9.17, 15) is 4.79 Å². The molecule has 0 spiro atoms. The van der Waals surface area contributed by atoms with Gasteiger partial charge in [-0.05, 0) is 31.6 Å². The van der Waals surface area contributed by atoms with E-state index in [1.54, 1.807) is 0 Å². The molecule has 0 radical (unpaired) electrons. The SMILES string of the molecule is CC1(C)CCC[C@]2(C)OC(=O)C[C@@H]12. The molecule has 2 rings (SSSR count). The molecule has 0 aromatic rings. The van der Waals surface area contributed by atoms with Crippen molar-refractivity contribution in [2.75, 3.05) is 0 Å². The van der Waals surface area contributed by atoms with Gasteiger partial charge in [-0.2, -0.15) is 0 Å². The molecule has 0 unspecified atom stereocenters. The van der Waals surface area contributed by atoms with Gasteiger partial charge in [-0.25, -0.2) is 0 Å². The van der Waals surface area contributed by atoms with E-state index in [-0.39, 0.29) is 17.0 Å². The van der Waals surface area contributed by atoms with Crippen LogP contribution in [0.3, 0.4) is 0 Å². The van der Waals surface area contributed by atoms with Crippen LogP contribution in [0.25, 0.3) is 0 Å². The average molecular weight is 182 g/mol. The Bertz CT molecular complexity index is 244. The summed E-state index contributed by atoms with van der Waals surface area (Å²) in [5, 5.41) is 0. The standard InChI is InChI=1S/C11H18O2/c1-10(2)5-4-6-11(3)8(10)7-9(12)13-11/h8H,4-7H2,1-3H3/t8-,11-/m0/s1. The number of carbonyl (C=O) groups excluding carboxylic acids is 1. The summed E-state index contributed by atoms with van der Waals surface area (Å²) in [4.78, 5) is 11.3. The van der Waals surface area contributed by atoms with Crippen LogP contribution in [0.15, 0.2) is 0 Å². The molecule has 0 aromatic heterocycles. The number of ether oxygens (including phenoxy) is 1. The molecule has 0 amide bonds. The quantitative estimate of drug-likeness (QED) is 0.538. The lowest BCUT2D eigenvalue weighted by Gasteiger charge is -2.44. The molecule has 13 heavy (non-hydrogen) atoms. The van der Waals surface area contributed by atoms with Gasteiger partial charge in [-0.1, -0.05) is 13.8 Å². The van der Waals surface area contributed by atoms with Gasteiger partial charge in [0.05, 0.1) is 6.42 Å². The second-order valence-corrected chi connectivity index (χ2v) is 5.39. The first-order chi connectivity index (χ1) is 5.94. The molecule has 0 bridgehead atoms. The zero-order valence-corrected chi connectivity index (χ0v) is 8.72. The lowest BCUT2D eigenvalue weighted by Crippen LogP contribution is -2.44. The van der Waals surface area contributed by atoms with Crippen LogP contribution in [-0.2, 0) is 9.53 Å². The topological polar surface area (TPSA) is 26.3 Å². The Morgan fingerprint density at radius 2 is 2.00 bits per heavy atom. The Hall–Kier alpha value is -0.530. The van der Waals surface area contributed by atoms with E-state index in [4.69, 9.17) is 4.74 Å². The molecule has 2 aliphatic rings. The van der Waals surface area contributed by atoms with Crippen molar-refractivity contribution in [2.45, 2.75) is 52.1 Å². The summed E-state index contributed by atoms with van der Waals surface area (Å²) < 4.78 is 5.45. The minimum atomic E-state index is -0.154. The van der Waals surface area contributed by atoms with Crippen LogP contribution >= 0.6 is 0 Å². The fraction of sp³-hybridized carbons (Fsp3) is 0.909. The van der Waals surface area contributed by atoms with Gasteiger partial charge in [0, 0.05) is 5.92 Å². The van der Waals surface area contributed by atoms with Crippen molar-refractivity contribution < 1.29 is 9.53 Å². The van der Waals surface area contributed by atoms with Crippen molar-refractivity contribution in [3.8, 4) is 0 Å². The number of hydrogen-bond acceptors (Lipinski definition) is 2. The molecule has 0 aromatic carbocycles. The number of fused-ring (bicyclic) bond motifs is 1. The lowest BCUT2D eigenvalue weighted by atomic mass is 9.62. The smallest absolute Gasteiger partial charge is 0.306 e. The van der Waals surface area contributed by atoms with Crippen LogP contribution in [-0.4, -0.2) is 11.6 Å². The van der Waals surface area contributed by atoms with Gasteiger partial charge >= 0.3 is 5.97 Å². The molecular weight excluding hydrogens is 164 g/mol. The maximum Gasteiger partial charge on any atom is 0.306 e. The molecular formula is C11H18O2. The van der Waals surface area contributed by atoms with Gasteiger partial charge in [0.25, 0.3) is 0 Å². The Morgan fingerprint density at radius 3 is 2.62 bits per heavy atom. The van der Waals surface area contributed by atoms with Gasteiger partial charge in [0.2, 0.25) is 0 Å². The monoisotopic (exact) mass is 182 g/mol. The van der Waals surface area contributed by atoms with E-state index >= 15 is 0 Å². The van der Waals surface area contributed by atoms with E-state index in [0.717, 1.165) is 6.42 Å². The van der Waals surface area contributed by atoms with Crippen LogP contribution in [0.5, 0.6) is 0 Å². The summed E-state index contributed by atoms with van der Waals surface area (Å²) in [6.07, 6.45) is 4.09. The van der Waals surface area contributed by atoms with Crippen molar-refractivity contribution >= 4 is 5.97 Å². The zero-order chi connectivity index (χ0) is 9.69. The van der Waals surface area contributed by atoms with Crippen molar-refractivity contribution in [1.29, 1.82) is 0 Å². The maximum absolute atomic E-state index is 11.3. The molecule has 1 saturated carbocycles. The van der Waals surface area contributed by atoms with Crippen molar-refractivity contribution in [1.82, 2.24) is 0 Å². The van der Waals surface area contributed by atoms with E-state index in [1.165, 1.54) is 12.8 Å². The highest BCUT2D eigenvalue weighted by Gasteiger charge is 2.54. The Labute approximate surface area is 79.7 Å². The minimum absolute atomic E-state index is 0.00229. The van der Waals surface area contributed by atoms with Crippen LogP contribution < -0.4 is 0 Å². The first-order valence-electron chi connectivity index (χ1n) is 5.16. The minimum Gasteiger partial charge on any atom is -0.459 e. The zero-order valence-electron chi connectivity index (χ0n) is 8.72. The first kappa shape index (κ1) is 9.04. The molecule has 0 N–H and O–H groups in total. The molecule has 1 aliphatic heterocycles. The van der Waals surface area contributed by atoms with Gasteiger partial charge in [0.1, 0.15) is 5.60 Å². The fourth-order valence-electron chi connectivity index (χ4n) is 3.15. The number of rotatable bonds is 0. The molecule has 2 nitrogen and oxygen atoms in total. The van der Waals surface area contributed by atoms with E-state index in [2.05, 4.69) is 20.8 Å². The lowest BCUT2D eigenvalue weighted by molar-refractivity contribution is -0.151.